The molecular weight excluding hydrogens is 431 g/mol. The summed E-state index contributed by atoms with van der Waals surface area (Å²) in [5.41, 5.74) is 5.21. The van der Waals surface area contributed by atoms with Crippen molar-refractivity contribution in [2.75, 3.05) is 19.6 Å². The molecule has 166 valence electrons. The van der Waals surface area contributed by atoms with Gasteiger partial charge in [-0.1, -0.05) is 25.4 Å². The van der Waals surface area contributed by atoms with E-state index >= 15 is 0 Å². The Hall–Kier alpha value is -1.71. The van der Waals surface area contributed by atoms with Crippen LogP contribution in [0, 0.1) is 17.7 Å². The normalized spacial score (nSPS) is 24.0. The first kappa shape index (κ1) is 23.0. The summed E-state index contributed by atoms with van der Waals surface area (Å²) in [6, 6.07) is 3.41. The van der Waals surface area contributed by atoms with Gasteiger partial charge >= 0.3 is 0 Å². The molecule has 2 aliphatic rings. The fraction of sp³-hybridized carbons (Fsp3) is 0.600. The van der Waals surface area contributed by atoms with Gasteiger partial charge in [0.15, 0.2) is 5.96 Å². The maximum atomic E-state index is 13.4. The Morgan fingerprint density at radius 1 is 1.33 bits per heavy atom. The summed E-state index contributed by atoms with van der Waals surface area (Å²) < 4.78 is 40.4. The summed E-state index contributed by atoms with van der Waals surface area (Å²) in [6.45, 7) is 6.94. The van der Waals surface area contributed by atoms with Crippen LogP contribution in [-0.4, -0.2) is 54.7 Å². The lowest BCUT2D eigenvalue weighted by Crippen LogP contribution is -2.47. The zero-order chi connectivity index (χ0) is 22.3. The van der Waals surface area contributed by atoms with Gasteiger partial charge in [0.05, 0.1) is 9.92 Å². The highest BCUT2D eigenvalue weighted by Gasteiger charge is 2.45. The van der Waals surface area contributed by atoms with Crippen molar-refractivity contribution in [1.29, 1.82) is 0 Å². The van der Waals surface area contributed by atoms with Crippen molar-refractivity contribution >= 4 is 33.5 Å². The quantitative estimate of drug-likeness (QED) is 0.708. The van der Waals surface area contributed by atoms with Crippen LogP contribution in [0.1, 0.15) is 40.0 Å². The SMILES string of the molecule is CC(C)CC1(C)N=C(N)N(CC2CCN(S(=O)(=O)c3ccc(F)c(Cl)c3)CC2)C1=O. The number of nitrogens with zero attached hydrogens (tertiary/aromatic N) is 3. The molecule has 0 spiro atoms. The van der Waals surface area contributed by atoms with Crippen molar-refractivity contribution in [3.8, 4) is 0 Å². The number of hydrogen-bond donors (Lipinski definition) is 1. The number of nitrogens with two attached hydrogens (primary N) is 1. The number of rotatable bonds is 6. The van der Waals surface area contributed by atoms with E-state index in [9.17, 15) is 17.6 Å². The molecule has 1 aromatic carbocycles. The summed E-state index contributed by atoms with van der Waals surface area (Å²) in [4.78, 5) is 18.8. The van der Waals surface area contributed by atoms with Crippen molar-refractivity contribution in [2.24, 2.45) is 22.6 Å². The van der Waals surface area contributed by atoms with Gasteiger partial charge in [-0.05, 0) is 56.2 Å². The van der Waals surface area contributed by atoms with E-state index in [1.165, 1.54) is 15.3 Å². The lowest BCUT2D eigenvalue weighted by atomic mass is 9.90. The van der Waals surface area contributed by atoms with Gasteiger partial charge in [0.2, 0.25) is 10.0 Å². The summed E-state index contributed by atoms with van der Waals surface area (Å²) >= 11 is 5.74. The second-order valence-corrected chi connectivity index (χ2v) is 11.0. The van der Waals surface area contributed by atoms with E-state index in [4.69, 9.17) is 17.3 Å². The second kappa shape index (κ2) is 8.43. The van der Waals surface area contributed by atoms with E-state index in [1.54, 1.807) is 0 Å². The number of aliphatic imine (C=N–C) groups is 1. The minimum absolute atomic E-state index is 0.0251. The number of hydrogen-bond acceptors (Lipinski definition) is 5. The summed E-state index contributed by atoms with van der Waals surface area (Å²) in [5.74, 6) is -0.0894. The van der Waals surface area contributed by atoms with Crippen LogP contribution in [0.3, 0.4) is 0 Å². The minimum atomic E-state index is -3.75. The number of amides is 1. The van der Waals surface area contributed by atoms with Crippen LogP contribution in [0.5, 0.6) is 0 Å². The Bertz CT molecular complexity index is 961. The lowest BCUT2D eigenvalue weighted by Gasteiger charge is -2.33. The number of sulfonamides is 1. The van der Waals surface area contributed by atoms with Gasteiger partial charge in [-0.25, -0.2) is 17.8 Å². The van der Waals surface area contributed by atoms with Crippen molar-refractivity contribution in [1.82, 2.24) is 9.21 Å². The van der Waals surface area contributed by atoms with Crippen LogP contribution >= 0.6 is 11.6 Å². The molecule has 0 aromatic heterocycles. The zero-order valence-electron chi connectivity index (χ0n) is 17.4. The Balaban J connectivity index is 1.63. The first-order chi connectivity index (χ1) is 13.9. The van der Waals surface area contributed by atoms with E-state index in [1.807, 2.05) is 20.8 Å². The summed E-state index contributed by atoms with van der Waals surface area (Å²) in [7, 11) is -3.75. The van der Waals surface area contributed by atoms with E-state index < -0.39 is 21.4 Å². The highest BCUT2D eigenvalue weighted by molar-refractivity contribution is 7.89. The third-order valence-electron chi connectivity index (χ3n) is 5.69. The van der Waals surface area contributed by atoms with Crippen molar-refractivity contribution < 1.29 is 17.6 Å². The molecule has 1 aromatic rings. The third kappa shape index (κ3) is 4.48. The fourth-order valence-corrected chi connectivity index (χ4v) is 5.98. The van der Waals surface area contributed by atoms with Crippen molar-refractivity contribution in [3.05, 3.63) is 29.0 Å². The van der Waals surface area contributed by atoms with Crippen LogP contribution in [0.4, 0.5) is 4.39 Å². The standard InChI is InChI=1S/C20H28ClFN4O3S/c1-13(2)11-20(3)18(27)26(19(23)24-20)12-14-6-8-25(9-7-14)30(28,29)15-4-5-17(22)16(21)10-15/h4-5,10,13-14H,6-9,11-12H2,1-3H3,(H2,23,24). The molecule has 30 heavy (non-hydrogen) atoms. The Labute approximate surface area is 182 Å². The minimum Gasteiger partial charge on any atom is -0.369 e. The zero-order valence-corrected chi connectivity index (χ0v) is 19.0. The maximum Gasteiger partial charge on any atom is 0.257 e. The second-order valence-electron chi connectivity index (χ2n) is 8.68. The highest BCUT2D eigenvalue weighted by Crippen LogP contribution is 2.31. The van der Waals surface area contributed by atoms with Gasteiger partial charge in [-0.15, -0.1) is 0 Å². The molecule has 7 nitrogen and oxygen atoms in total. The molecule has 0 aliphatic carbocycles. The van der Waals surface area contributed by atoms with E-state index in [0.717, 1.165) is 12.1 Å². The molecule has 1 amide bonds. The van der Waals surface area contributed by atoms with Crippen LogP contribution in [-0.2, 0) is 14.8 Å². The van der Waals surface area contributed by atoms with Crippen LogP contribution in [0.15, 0.2) is 28.1 Å². The number of piperidine rings is 1. The monoisotopic (exact) mass is 458 g/mol. The number of halogens is 2. The average molecular weight is 459 g/mol. The highest BCUT2D eigenvalue weighted by atomic mass is 35.5. The Morgan fingerprint density at radius 2 is 1.97 bits per heavy atom. The molecule has 0 saturated carbocycles. The van der Waals surface area contributed by atoms with E-state index in [-0.39, 0.29) is 27.7 Å². The Morgan fingerprint density at radius 3 is 2.53 bits per heavy atom. The number of guanidine groups is 1. The van der Waals surface area contributed by atoms with Gasteiger partial charge in [0.25, 0.3) is 5.91 Å². The van der Waals surface area contributed by atoms with E-state index in [0.29, 0.717) is 44.8 Å². The first-order valence-corrected chi connectivity index (χ1v) is 11.9. The summed E-state index contributed by atoms with van der Waals surface area (Å²) in [6.07, 6.45) is 1.80. The largest absolute Gasteiger partial charge is 0.369 e. The fourth-order valence-electron chi connectivity index (χ4n) is 4.24. The third-order valence-corrected chi connectivity index (χ3v) is 7.88. The van der Waals surface area contributed by atoms with Crippen molar-refractivity contribution in [2.45, 2.75) is 50.5 Å². The van der Waals surface area contributed by atoms with Crippen LogP contribution in [0.2, 0.25) is 5.02 Å². The molecule has 1 saturated heterocycles. The van der Waals surface area contributed by atoms with Gasteiger partial charge in [0.1, 0.15) is 11.4 Å². The lowest BCUT2D eigenvalue weighted by molar-refractivity contribution is -0.131. The molecule has 1 unspecified atom stereocenters. The Kier molecular flexibility index (Phi) is 6.46. The van der Waals surface area contributed by atoms with Crippen LogP contribution < -0.4 is 5.73 Å². The molecule has 0 bridgehead atoms. The average Bonchev–Trinajstić information content (AvgIpc) is 2.86. The van der Waals surface area contributed by atoms with Gasteiger partial charge < -0.3 is 5.73 Å². The predicted octanol–water partition coefficient (Wildman–Crippen LogP) is 2.84. The first-order valence-electron chi connectivity index (χ1n) is 10.1. The number of benzene rings is 1. The molecule has 1 atom stereocenters. The van der Waals surface area contributed by atoms with Crippen molar-refractivity contribution in [3.63, 3.8) is 0 Å². The van der Waals surface area contributed by atoms with Crippen LogP contribution in [0.25, 0.3) is 0 Å². The molecule has 0 radical (unpaired) electrons. The molecular formula is C20H28ClFN4O3S. The number of carbonyl (C=O) groups excluding carboxylic acids is 1. The molecule has 2 aliphatic heterocycles. The predicted molar refractivity (Wildman–Crippen MR) is 114 cm³/mol. The molecule has 10 heteroatoms. The van der Waals surface area contributed by atoms with Gasteiger partial charge in [-0.2, -0.15) is 4.31 Å². The summed E-state index contributed by atoms with van der Waals surface area (Å²) in [5, 5.41) is -0.224. The number of carbonyl (C=O) groups is 1. The van der Waals surface area contributed by atoms with Gasteiger partial charge in [-0.3, -0.25) is 9.69 Å². The maximum absolute atomic E-state index is 13.4. The van der Waals surface area contributed by atoms with E-state index in [2.05, 4.69) is 4.99 Å². The van der Waals surface area contributed by atoms with Gasteiger partial charge in [0, 0.05) is 19.6 Å². The topological polar surface area (TPSA) is 96.1 Å². The molecule has 1 fully saturated rings. The molecule has 2 N–H and O–H groups in total. The molecule has 2 heterocycles. The molecule has 3 rings (SSSR count). The smallest absolute Gasteiger partial charge is 0.257 e.